The smallest absolute Gasteiger partial charge is 0.222 e. The number of nitrogens with zero attached hydrogens (tertiary/aromatic N) is 2. The second-order valence-corrected chi connectivity index (χ2v) is 6.64. The Bertz CT molecular complexity index is 739. The zero-order valence-corrected chi connectivity index (χ0v) is 15.2. The van der Waals surface area contributed by atoms with Crippen LogP contribution in [0.15, 0.2) is 66.7 Å². The molecule has 3 rings (SSSR count). The van der Waals surface area contributed by atoms with Gasteiger partial charge in [0.25, 0.3) is 0 Å². The highest BCUT2D eigenvalue weighted by Gasteiger charge is 2.11. The average Bonchev–Trinajstić information content (AvgIpc) is 2.65. The predicted molar refractivity (Wildman–Crippen MR) is 108 cm³/mol. The van der Waals surface area contributed by atoms with E-state index in [-0.39, 0.29) is 0 Å². The van der Waals surface area contributed by atoms with Crippen LogP contribution in [-0.2, 0) is 12.8 Å². The fourth-order valence-electron chi connectivity index (χ4n) is 3.13. The Morgan fingerprint density at radius 2 is 1.38 bits per heavy atom. The maximum atomic E-state index is 5.80. The molecular weight excluding hydrogens is 320 g/mol. The van der Waals surface area contributed by atoms with Gasteiger partial charge < -0.3 is 11.1 Å². The van der Waals surface area contributed by atoms with Crippen molar-refractivity contribution in [3.63, 3.8) is 0 Å². The monoisotopic (exact) mass is 346 g/mol. The van der Waals surface area contributed by atoms with Crippen molar-refractivity contribution >= 4 is 11.8 Å². The largest absolute Gasteiger partial charge is 0.368 e. The molecule has 0 fully saturated rings. The van der Waals surface area contributed by atoms with Crippen molar-refractivity contribution in [1.29, 1.82) is 0 Å². The minimum absolute atomic E-state index is 0.317. The Morgan fingerprint density at radius 3 is 1.88 bits per heavy atom. The van der Waals surface area contributed by atoms with Crippen molar-refractivity contribution < 1.29 is 0 Å². The van der Waals surface area contributed by atoms with Gasteiger partial charge in [0.05, 0.1) is 0 Å². The van der Waals surface area contributed by atoms with Crippen molar-refractivity contribution in [2.75, 3.05) is 11.1 Å². The van der Waals surface area contributed by atoms with Gasteiger partial charge >= 0.3 is 0 Å². The van der Waals surface area contributed by atoms with Crippen LogP contribution in [0.5, 0.6) is 0 Å². The van der Waals surface area contributed by atoms with E-state index in [0.29, 0.717) is 12.0 Å². The molecule has 0 unspecified atom stereocenters. The van der Waals surface area contributed by atoms with Crippen LogP contribution in [0.1, 0.15) is 29.7 Å². The maximum absolute atomic E-state index is 5.80. The van der Waals surface area contributed by atoms with Crippen molar-refractivity contribution in [2.24, 2.45) is 0 Å². The predicted octanol–water partition coefficient (Wildman–Crippen LogP) is 4.41. The minimum Gasteiger partial charge on any atom is -0.368 e. The number of nitrogens with two attached hydrogens (primary N) is 1. The van der Waals surface area contributed by atoms with Crippen molar-refractivity contribution in [1.82, 2.24) is 9.97 Å². The molecule has 0 atom stereocenters. The first-order chi connectivity index (χ1) is 12.7. The number of rotatable bonds is 8. The van der Waals surface area contributed by atoms with E-state index in [0.717, 1.165) is 37.2 Å². The maximum Gasteiger partial charge on any atom is 0.222 e. The van der Waals surface area contributed by atoms with Gasteiger partial charge in [-0.05, 0) is 43.7 Å². The SMILES string of the molecule is Cc1cc(NC(CCc2ccccc2)CCc2ccccc2)nc(N)n1. The number of nitrogen functional groups attached to an aromatic ring is 1. The third-order valence-electron chi connectivity index (χ3n) is 4.47. The number of hydrogen-bond donors (Lipinski definition) is 2. The first-order valence-electron chi connectivity index (χ1n) is 9.14. The van der Waals surface area contributed by atoms with E-state index >= 15 is 0 Å². The summed E-state index contributed by atoms with van der Waals surface area (Å²) in [5.74, 6) is 1.12. The van der Waals surface area contributed by atoms with E-state index in [9.17, 15) is 0 Å². The van der Waals surface area contributed by atoms with Gasteiger partial charge in [-0.15, -0.1) is 0 Å². The Hall–Kier alpha value is -2.88. The topological polar surface area (TPSA) is 63.8 Å². The lowest BCUT2D eigenvalue weighted by Gasteiger charge is -2.20. The first kappa shape index (κ1) is 17.9. The molecule has 26 heavy (non-hydrogen) atoms. The summed E-state index contributed by atoms with van der Waals surface area (Å²) in [5.41, 5.74) is 9.40. The summed E-state index contributed by atoms with van der Waals surface area (Å²) in [6.07, 6.45) is 4.15. The second kappa shape index (κ2) is 8.99. The van der Waals surface area contributed by atoms with Crippen LogP contribution >= 0.6 is 0 Å². The molecular formula is C22H26N4. The lowest BCUT2D eigenvalue weighted by atomic mass is 9.99. The van der Waals surface area contributed by atoms with E-state index in [1.807, 2.05) is 13.0 Å². The minimum atomic E-state index is 0.317. The number of nitrogens with one attached hydrogen (secondary N) is 1. The molecule has 0 aliphatic rings. The molecule has 0 spiro atoms. The lowest BCUT2D eigenvalue weighted by molar-refractivity contribution is 0.601. The molecule has 3 N–H and O–H groups in total. The summed E-state index contributed by atoms with van der Waals surface area (Å²) in [6, 6.07) is 23.5. The van der Waals surface area contributed by atoms with Gasteiger partial charge in [-0.3, -0.25) is 0 Å². The molecule has 4 heteroatoms. The molecule has 2 aromatic carbocycles. The van der Waals surface area contributed by atoms with E-state index in [1.54, 1.807) is 0 Å². The van der Waals surface area contributed by atoms with Crippen molar-refractivity contribution in [3.8, 4) is 0 Å². The normalized spacial score (nSPS) is 10.8. The molecule has 0 amide bonds. The van der Waals surface area contributed by atoms with Crippen molar-refractivity contribution in [2.45, 2.75) is 38.6 Å². The van der Waals surface area contributed by atoms with E-state index < -0.39 is 0 Å². The fourth-order valence-corrected chi connectivity index (χ4v) is 3.13. The molecule has 0 saturated carbocycles. The van der Waals surface area contributed by atoms with Crippen LogP contribution in [0.2, 0.25) is 0 Å². The highest BCUT2D eigenvalue weighted by atomic mass is 15.1. The van der Waals surface area contributed by atoms with Gasteiger partial charge in [0.15, 0.2) is 0 Å². The number of benzene rings is 2. The fraction of sp³-hybridized carbons (Fsp3) is 0.273. The van der Waals surface area contributed by atoms with E-state index in [1.165, 1.54) is 11.1 Å². The van der Waals surface area contributed by atoms with Crippen LogP contribution in [0, 0.1) is 6.92 Å². The quantitative estimate of drug-likeness (QED) is 0.634. The van der Waals surface area contributed by atoms with E-state index in [4.69, 9.17) is 5.73 Å². The van der Waals surface area contributed by atoms with Crippen LogP contribution in [0.3, 0.4) is 0 Å². The van der Waals surface area contributed by atoms with Crippen LogP contribution in [-0.4, -0.2) is 16.0 Å². The summed E-state index contributed by atoms with van der Waals surface area (Å²) in [6.45, 7) is 1.94. The number of aryl methyl sites for hydroxylation is 3. The third-order valence-corrected chi connectivity index (χ3v) is 4.47. The summed E-state index contributed by atoms with van der Waals surface area (Å²) in [7, 11) is 0. The molecule has 1 heterocycles. The van der Waals surface area contributed by atoms with Crippen LogP contribution in [0.25, 0.3) is 0 Å². The average molecular weight is 346 g/mol. The Kier molecular flexibility index (Phi) is 6.20. The van der Waals surface area contributed by atoms with Gasteiger partial charge in [-0.2, -0.15) is 4.98 Å². The Morgan fingerprint density at radius 1 is 0.846 bits per heavy atom. The molecule has 4 nitrogen and oxygen atoms in total. The molecule has 0 aliphatic heterocycles. The van der Waals surface area contributed by atoms with Gasteiger partial charge in [0, 0.05) is 17.8 Å². The highest BCUT2D eigenvalue weighted by Crippen LogP contribution is 2.16. The summed E-state index contributed by atoms with van der Waals surface area (Å²) >= 11 is 0. The zero-order chi connectivity index (χ0) is 18.2. The molecule has 0 aliphatic carbocycles. The molecule has 0 radical (unpaired) electrons. The van der Waals surface area contributed by atoms with Gasteiger partial charge in [-0.1, -0.05) is 60.7 Å². The summed E-state index contributed by atoms with van der Waals surface area (Å²) < 4.78 is 0. The summed E-state index contributed by atoms with van der Waals surface area (Å²) in [4.78, 5) is 8.49. The van der Waals surface area contributed by atoms with Gasteiger partial charge in [0.2, 0.25) is 5.95 Å². The third kappa shape index (κ3) is 5.59. The molecule has 1 aromatic heterocycles. The molecule has 0 bridgehead atoms. The van der Waals surface area contributed by atoms with Crippen molar-refractivity contribution in [3.05, 3.63) is 83.6 Å². The Balaban J connectivity index is 1.67. The number of anilines is 2. The van der Waals surface area contributed by atoms with Crippen LogP contribution in [0.4, 0.5) is 11.8 Å². The number of aromatic nitrogens is 2. The standard InChI is InChI=1S/C22H26N4/c1-17-16-21(26-22(23)24-17)25-20(14-12-18-8-4-2-5-9-18)15-13-19-10-6-3-7-11-19/h2-11,16,20H,12-15H2,1H3,(H3,23,24,25,26). The second-order valence-electron chi connectivity index (χ2n) is 6.64. The summed E-state index contributed by atoms with van der Waals surface area (Å²) in [5, 5.41) is 3.57. The Labute approximate surface area is 155 Å². The highest BCUT2D eigenvalue weighted by molar-refractivity contribution is 5.41. The molecule has 3 aromatic rings. The lowest BCUT2D eigenvalue weighted by Crippen LogP contribution is -2.22. The number of hydrogen-bond acceptors (Lipinski definition) is 4. The van der Waals surface area contributed by atoms with Gasteiger partial charge in [0.1, 0.15) is 5.82 Å². The molecule has 134 valence electrons. The van der Waals surface area contributed by atoms with Crippen LogP contribution < -0.4 is 11.1 Å². The zero-order valence-electron chi connectivity index (χ0n) is 15.2. The molecule has 0 saturated heterocycles. The first-order valence-corrected chi connectivity index (χ1v) is 9.14. The van der Waals surface area contributed by atoms with Gasteiger partial charge in [-0.25, -0.2) is 4.98 Å². The van der Waals surface area contributed by atoms with E-state index in [2.05, 4.69) is 75.9 Å².